The van der Waals surface area contributed by atoms with Gasteiger partial charge in [0.25, 0.3) is 5.91 Å². The van der Waals surface area contributed by atoms with Crippen LogP contribution in [-0.2, 0) is 4.79 Å². The maximum absolute atomic E-state index is 12.6. The topological polar surface area (TPSA) is 70.7 Å². The lowest BCUT2D eigenvalue weighted by Gasteiger charge is -2.30. The molecule has 1 fully saturated rings. The van der Waals surface area contributed by atoms with Crippen LogP contribution >= 0.6 is 0 Å². The minimum Gasteiger partial charge on any atom is -0.457 e. The summed E-state index contributed by atoms with van der Waals surface area (Å²) >= 11 is 0. The van der Waals surface area contributed by atoms with Crippen LogP contribution in [0.4, 0.5) is 11.4 Å². The number of amides is 2. The maximum Gasteiger partial charge on any atom is 0.253 e. The van der Waals surface area contributed by atoms with Crippen molar-refractivity contribution >= 4 is 23.2 Å². The fraction of sp³-hybridized carbons (Fsp3) is 0.259. The second kappa shape index (κ2) is 10.7. The Balaban J connectivity index is 1.24. The molecule has 6 heteroatoms. The molecule has 3 aromatic carbocycles. The molecular weight excluding hydrogens is 414 g/mol. The number of likely N-dealkylation sites (tertiary alicyclic amines) is 1. The fourth-order valence-electron chi connectivity index (χ4n) is 3.74. The van der Waals surface area contributed by atoms with Gasteiger partial charge in [0.2, 0.25) is 5.91 Å². The molecule has 0 bridgehead atoms. The molecule has 3 aromatic rings. The van der Waals surface area contributed by atoms with Crippen LogP contribution < -0.4 is 15.4 Å². The van der Waals surface area contributed by atoms with Crippen LogP contribution in [0.3, 0.4) is 0 Å². The number of hydrogen-bond donors (Lipinski definition) is 2. The van der Waals surface area contributed by atoms with Gasteiger partial charge in [-0.3, -0.25) is 9.59 Å². The molecule has 1 saturated heterocycles. The Kier molecular flexibility index (Phi) is 7.25. The number of carbonyl (C=O) groups is 2. The van der Waals surface area contributed by atoms with Crippen LogP contribution in [0.2, 0.25) is 0 Å². The first-order chi connectivity index (χ1) is 16.1. The van der Waals surface area contributed by atoms with E-state index in [1.54, 1.807) is 24.3 Å². The Morgan fingerprint density at radius 2 is 1.45 bits per heavy atom. The Bertz CT molecular complexity index is 1060. The molecule has 2 N–H and O–H groups in total. The van der Waals surface area contributed by atoms with Crippen LogP contribution in [0.25, 0.3) is 0 Å². The van der Waals surface area contributed by atoms with Crippen molar-refractivity contribution in [3.8, 4) is 11.5 Å². The predicted molar refractivity (Wildman–Crippen MR) is 131 cm³/mol. The first kappa shape index (κ1) is 22.4. The summed E-state index contributed by atoms with van der Waals surface area (Å²) in [6.45, 7) is 3.97. The van der Waals surface area contributed by atoms with Crippen molar-refractivity contribution in [2.45, 2.75) is 19.8 Å². The molecule has 0 aliphatic carbocycles. The number of hydrogen-bond acceptors (Lipinski definition) is 4. The quantitative estimate of drug-likeness (QED) is 0.513. The van der Waals surface area contributed by atoms with Crippen molar-refractivity contribution in [2.75, 3.05) is 30.3 Å². The number of nitrogens with zero attached hydrogens (tertiary/aromatic N) is 1. The van der Waals surface area contributed by atoms with Crippen molar-refractivity contribution in [3.63, 3.8) is 0 Å². The lowest BCUT2D eigenvalue weighted by atomic mass is 9.98. The summed E-state index contributed by atoms with van der Waals surface area (Å²) in [5.74, 6) is 2.08. The number of benzene rings is 3. The summed E-state index contributed by atoms with van der Waals surface area (Å²) < 4.78 is 5.77. The zero-order chi connectivity index (χ0) is 23.0. The van der Waals surface area contributed by atoms with Crippen LogP contribution in [0.5, 0.6) is 11.5 Å². The molecule has 0 saturated carbocycles. The van der Waals surface area contributed by atoms with Gasteiger partial charge in [-0.1, -0.05) is 25.1 Å². The fourth-order valence-corrected chi connectivity index (χ4v) is 3.74. The van der Waals surface area contributed by atoms with Crippen LogP contribution in [-0.4, -0.2) is 36.3 Å². The highest BCUT2D eigenvalue weighted by Crippen LogP contribution is 2.23. The number of carbonyl (C=O) groups excluding carboxylic acids is 2. The lowest BCUT2D eigenvalue weighted by molar-refractivity contribution is -0.114. The summed E-state index contributed by atoms with van der Waals surface area (Å²) in [4.78, 5) is 26.9. The second-order valence-electron chi connectivity index (χ2n) is 8.39. The minimum atomic E-state index is -0.163. The highest BCUT2D eigenvalue weighted by molar-refractivity contribution is 5.96. The van der Waals surface area contributed by atoms with Gasteiger partial charge in [0, 0.05) is 30.0 Å². The maximum atomic E-state index is 12.6. The Morgan fingerprint density at radius 1 is 0.848 bits per heavy atom. The molecule has 0 unspecified atom stereocenters. The van der Waals surface area contributed by atoms with E-state index in [0.717, 1.165) is 43.1 Å². The van der Waals surface area contributed by atoms with Gasteiger partial charge < -0.3 is 20.3 Å². The molecule has 0 radical (unpaired) electrons. The molecule has 1 aliphatic heterocycles. The second-order valence-corrected chi connectivity index (χ2v) is 8.39. The third-order valence-corrected chi connectivity index (χ3v) is 5.77. The minimum absolute atomic E-state index is 0.0566. The Hall–Kier alpha value is -3.80. The number of rotatable bonds is 7. The highest BCUT2D eigenvalue weighted by atomic mass is 16.5. The average molecular weight is 444 g/mol. The van der Waals surface area contributed by atoms with E-state index in [2.05, 4.69) is 17.6 Å². The van der Waals surface area contributed by atoms with E-state index in [4.69, 9.17) is 4.74 Å². The number of piperidine rings is 1. The summed E-state index contributed by atoms with van der Waals surface area (Å²) in [7, 11) is 0. The molecule has 1 heterocycles. The van der Waals surface area contributed by atoms with E-state index in [1.165, 1.54) is 0 Å². The van der Waals surface area contributed by atoms with Crippen molar-refractivity contribution in [3.05, 3.63) is 84.4 Å². The van der Waals surface area contributed by atoms with Gasteiger partial charge in [-0.25, -0.2) is 0 Å². The van der Waals surface area contributed by atoms with Crippen molar-refractivity contribution in [2.24, 2.45) is 5.92 Å². The third-order valence-electron chi connectivity index (χ3n) is 5.77. The molecule has 0 spiro atoms. The van der Waals surface area contributed by atoms with Crippen LogP contribution in [0.1, 0.15) is 30.1 Å². The molecule has 33 heavy (non-hydrogen) atoms. The van der Waals surface area contributed by atoms with Gasteiger partial charge >= 0.3 is 0 Å². The summed E-state index contributed by atoms with van der Waals surface area (Å²) in [6.07, 6.45) is 2.10. The normalized spacial score (nSPS) is 13.9. The van der Waals surface area contributed by atoms with Crippen LogP contribution in [0.15, 0.2) is 78.9 Å². The predicted octanol–water partition coefficient (Wildman–Crippen LogP) is 5.40. The van der Waals surface area contributed by atoms with E-state index in [0.29, 0.717) is 17.2 Å². The molecule has 1 aliphatic rings. The SMILES string of the molecule is CC1CCN(C(=O)c2ccc(NC(=O)CNc3ccc(Oc4ccccc4)cc3)cc2)CC1. The average Bonchev–Trinajstić information content (AvgIpc) is 2.85. The summed E-state index contributed by atoms with van der Waals surface area (Å²) in [5.41, 5.74) is 2.14. The van der Waals surface area contributed by atoms with E-state index in [9.17, 15) is 9.59 Å². The van der Waals surface area contributed by atoms with E-state index in [-0.39, 0.29) is 18.4 Å². The van der Waals surface area contributed by atoms with Crippen LogP contribution in [0, 0.1) is 5.92 Å². The monoisotopic (exact) mass is 443 g/mol. The molecule has 4 rings (SSSR count). The number of para-hydroxylation sites is 1. The Labute approximate surface area is 194 Å². The smallest absolute Gasteiger partial charge is 0.253 e. The van der Waals surface area contributed by atoms with Crippen molar-refractivity contribution < 1.29 is 14.3 Å². The summed E-state index contributed by atoms with van der Waals surface area (Å²) in [5, 5.41) is 5.96. The third kappa shape index (κ3) is 6.35. The molecule has 0 atom stereocenters. The number of ether oxygens (including phenoxy) is 1. The largest absolute Gasteiger partial charge is 0.457 e. The first-order valence-corrected chi connectivity index (χ1v) is 11.3. The molecule has 170 valence electrons. The molecular formula is C27H29N3O3. The van der Waals surface area contributed by atoms with Gasteiger partial charge in [-0.05, 0) is 79.4 Å². The lowest BCUT2D eigenvalue weighted by Crippen LogP contribution is -2.37. The molecule has 2 amide bonds. The van der Waals surface area contributed by atoms with Gasteiger partial charge in [0.1, 0.15) is 11.5 Å². The standard InChI is InChI=1S/C27H29N3O3/c1-20-15-17-30(18-16-20)27(32)21-7-9-23(10-8-21)29-26(31)19-28-22-11-13-25(14-12-22)33-24-5-3-2-4-6-24/h2-14,20,28H,15-19H2,1H3,(H,29,31). The zero-order valence-electron chi connectivity index (χ0n) is 18.8. The Morgan fingerprint density at radius 3 is 2.12 bits per heavy atom. The summed E-state index contributed by atoms with van der Waals surface area (Å²) in [6, 6.07) is 24.1. The van der Waals surface area contributed by atoms with E-state index >= 15 is 0 Å². The first-order valence-electron chi connectivity index (χ1n) is 11.3. The van der Waals surface area contributed by atoms with Gasteiger partial charge in [-0.15, -0.1) is 0 Å². The van der Waals surface area contributed by atoms with Crippen molar-refractivity contribution in [1.29, 1.82) is 0 Å². The van der Waals surface area contributed by atoms with Gasteiger partial charge in [0.05, 0.1) is 6.54 Å². The van der Waals surface area contributed by atoms with Gasteiger partial charge in [0.15, 0.2) is 0 Å². The zero-order valence-corrected chi connectivity index (χ0v) is 18.8. The van der Waals surface area contributed by atoms with Crippen molar-refractivity contribution in [1.82, 2.24) is 4.90 Å². The van der Waals surface area contributed by atoms with E-state index in [1.807, 2.05) is 59.5 Å². The van der Waals surface area contributed by atoms with E-state index < -0.39 is 0 Å². The molecule has 6 nitrogen and oxygen atoms in total. The molecule has 0 aromatic heterocycles. The van der Waals surface area contributed by atoms with Gasteiger partial charge in [-0.2, -0.15) is 0 Å². The highest BCUT2D eigenvalue weighted by Gasteiger charge is 2.21. The number of nitrogens with one attached hydrogen (secondary N) is 2. The number of anilines is 2.